The zero-order valence-electron chi connectivity index (χ0n) is 6.72. The number of halogens is 2. The molecule has 0 unspecified atom stereocenters. The van der Waals surface area contributed by atoms with Crippen molar-refractivity contribution >= 4 is 23.2 Å². The van der Waals surface area contributed by atoms with Crippen LogP contribution >= 0.6 is 23.2 Å². The molecule has 66 valence electrons. The van der Waals surface area contributed by atoms with E-state index in [1.54, 1.807) is 12.3 Å². The van der Waals surface area contributed by atoms with E-state index < -0.39 is 0 Å². The van der Waals surface area contributed by atoms with E-state index in [-0.39, 0.29) is 5.92 Å². The minimum Gasteiger partial charge on any atom is -0.330 e. The molecule has 0 aliphatic rings. The Bertz CT molecular complexity index is 276. The summed E-state index contributed by atoms with van der Waals surface area (Å²) in [4.78, 5) is 4.10. The molecule has 0 radical (unpaired) electrons. The lowest BCUT2D eigenvalue weighted by Gasteiger charge is -2.09. The number of aromatic nitrogens is 1. The van der Waals surface area contributed by atoms with E-state index in [9.17, 15) is 0 Å². The summed E-state index contributed by atoms with van der Waals surface area (Å²) >= 11 is 11.6. The predicted molar refractivity (Wildman–Crippen MR) is 51.7 cm³/mol. The van der Waals surface area contributed by atoms with E-state index in [0.29, 0.717) is 16.6 Å². The molecular weight excluding hydrogens is 195 g/mol. The highest BCUT2D eigenvalue weighted by Gasteiger charge is 2.09. The molecule has 0 aromatic carbocycles. The van der Waals surface area contributed by atoms with Crippen LogP contribution in [0.1, 0.15) is 18.5 Å². The summed E-state index contributed by atoms with van der Waals surface area (Å²) in [6.07, 6.45) is 1.58. The standard InChI is InChI=1S/C8H10Cl2N2/c1-5(3-11)8-7(10)2-6(9)4-12-8/h2,4-5H,3,11H2,1H3/t5-/m1/s1. The molecule has 2 N–H and O–H groups in total. The summed E-state index contributed by atoms with van der Waals surface area (Å²) in [5.74, 6) is 0.176. The molecule has 0 aliphatic carbocycles. The van der Waals surface area contributed by atoms with Gasteiger partial charge in [-0.25, -0.2) is 0 Å². The summed E-state index contributed by atoms with van der Waals surface area (Å²) in [7, 11) is 0. The maximum absolute atomic E-state index is 5.90. The minimum atomic E-state index is 0.176. The molecule has 0 aliphatic heterocycles. The molecule has 4 heteroatoms. The largest absolute Gasteiger partial charge is 0.330 e. The van der Waals surface area contributed by atoms with Crippen molar-refractivity contribution in [2.75, 3.05) is 6.54 Å². The quantitative estimate of drug-likeness (QED) is 0.805. The van der Waals surface area contributed by atoms with Crippen molar-refractivity contribution in [1.82, 2.24) is 4.98 Å². The van der Waals surface area contributed by atoms with Gasteiger partial charge in [-0.1, -0.05) is 30.1 Å². The Morgan fingerprint density at radius 1 is 1.58 bits per heavy atom. The minimum absolute atomic E-state index is 0.176. The number of nitrogens with zero attached hydrogens (tertiary/aromatic N) is 1. The van der Waals surface area contributed by atoms with Gasteiger partial charge in [-0.15, -0.1) is 0 Å². The smallest absolute Gasteiger partial charge is 0.0639 e. The second kappa shape index (κ2) is 4.08. The predicted octanol–water partition coefficient (Wildman–Crippen LogP) is 2.45. The average Bonchev–Trinajstić information content (AvgIpc) is 2.03. The molecule has 0 amide bonds. The summed E-state index contributed by atoms with van der Waals surface area (Å²) in [6.45, 7) is 2.51. The van der Waals surface area contributed by atoms with Crippen LogP contribution < -0.4 is 5.73 Å². The SMILES string of the molecule is C[C@H](CN)c1ncc(Cl)cc1Cl. The number of rotatable bonds is 2. The van der Waals surface area contributed by atoms with Crippen LogP contribution in [0.5, 0.6) is 0 Å². The molecule has 1 rings (SSSR count). The molecule has 0 spiro atoms. The first-order chi connectivity index (χ1) is 5.65. The summed E-state index contributed by atoms with van der Waals surface area (Å²) in [5, 5.41) is 1.13. The zero-order chi connectivity index (χ0) is 9.14. The Kier molecular flexibility index (Phi) is 3.32. The van der Waals surface area contributed by atoms with E-state index in [1.165, 1.54) is 0 Å². The van der Waals surface area contributed by atoms with Crippen molar-refractivity contribution in [2.45, 2.75) is 12.8 Å². The zero-order valence-corrected chi connectivity index (χ0v) is 8.23. The van der Waals surface area contributed by atoms with Gasteiger partial charge in [0.25, 0.3) is 0 Å². The van der Waals surface area contributed by atoms with Gasteiger partial charge in [-0.3, -0.25) is 4.98 Å². The molecule has 1 aromatic heterocycles. The van der Waals surface area contributed by atoms with Gasteiger partial charge in [-0.2, -0.15) is 0 Å². The van der Waals surface area contributed by atoms with E-state index in [0.717, 1.165) is 5.69 Å². The lowest BCUT2D eigenvalue weighted by Crippen LogP contribution is -2.10. The topological polar surface area (TPSA) is 38.9 Å². The van der Waals surface area contributed by atoms with Crippen LogP contribution in [0.2, 0.25) is 10.0 Å². The Morgan fingerprint density at radius 3 is 2.75 bits per heavy atom. The normalized spacial score (nSPS) is 13.0. The average molecular weight is 205 g/mol. The Balaban J connectivity index is 3.01. The molecule has 12 heavy (non-hydrogen) atoms. The van der Waals surface area contributed by atoms with Crippen LogP contribution in [0.15, 0.2) is 12.3 Å². The summed E-state index contributed by atoms with van der Waals surface area (Å²) in [5.41, 5.74) is 6.29. The van der Waals surface area contributed by atoms with Crippen molar-refractivity contribution in [2.24, 2.45) is 5.73 Å². The highest BCUT2D eigenvalue weighted by molar-refractivity contribution is 6.34. The van der Waals surface area contributed by atoms with Gasteiger partial charge in [0, 0.05) is 18.7 Å². The van der Waals surface area contributed by atoms with Crippen molar-refractivity contribution in [3.05, 3.63) is 28.0 Å². The first-order valence-electron chi connectivity index (χ1n) is 3.66. The third kappa shape index (κ3) is 2.09. The second-order valence-corrected chi connectivity index (χ2v) is 3.50. The summed E-state index contributed by atoms with van der Waals surface area (Å²) in [6, 6.07) is 1.68. The molecule has 0 fully saturated rings. The third-order valence-corrected chi connectivity index (χ3v) is 2.17. The Labute approximate surface area is 81.7 Å². The summed E-state index contributed by atoms with van der Waals surface area (Å²) < 4.78 is 0. The first-order valence-corrected chi connectivity index (χ1v) is 4.41. The van der Waals surface area contributed by atoms with Crippen LogP contribution in [-0.2, 0) is 0 Å². The Hall–Kier alpha value is -0.310. The van der Waals surface area contributed by atoms with E-state index in [1.807, 2.05) is 6.92 Å². The van der Waals surface area contributed by atoms with E-state index >= 15 is 0 Å². The van der Waals surface area contributed by atoms with Gasteiger partial charge in [0.2, 0.25) is 0 Å². The fourth-order valence-electron chi connectivity index (χ4n) is 0.899. The van der Waals surface area contributed by atoms with Crippen molar-refractivity contribution in [3.8, 4) is 0 Å². The lowest BCUT2D eigenvalue weighted by atomic mass is 10.1. The number of hydrogen-bond acceptors (Lipinski definition) is 2. The highest BCUT2D eigenvalue weighted by atomic mass is 35.5. The Morgan fingerprint density at radius 2 is 2.25 bits per heavy atom. The van der Waals surface area contributed by atoms with Crippen molar-refractivity contribution < 1.29 is 0 Å². The lowest BCUT2D eigenvalue weighted by molar-refractivity contribution is 0.745. The molecule has 1 aromatic rings. The van der Waals surface area contributed by atoms with Gasteiger partial charge in [0.1, 0.15) is 0 Å². The third-order valence-electron chi connectivity index (χ3n) is 1.66. The highest BCUT2D eigenvalue weighted by Crippen LogP contribution is 2.23. The molecule has 0 saturated heterocycles. The van der Waals surface area contributed by atoms with Gasteiger partial charge >= 0.3 is 0 Å². The fourth-order valence-corrected chi connectivity index (χ4v) is 1.47. The van der Waals surface area contributed by atoms with Crippen molar-refractivity contribution in [1.29, 1.82) is 0 Å². The molecule has 1 heterocycles. The van der Waals surface area contributed by atoms with Crippen LogP contribution in [0.4, 0.5) is 0 Å². The van der Waals surface area contributed by atoms with E-state index in [4.69, 9.17) is 28.9 Å². The van der Waals surface area contributed by atoms with E-state index in [2.05, 4.69) is 4.98 Å². The van der Waals surface area contributed by atoms with Crippen LogP contribution in [-0.4, -0.2) is 11.5 Å². The maximum atomic E-state index is 5.90. The number of hydrogen-bond donors (Lipinski definition) is 1. The second-order valence-electron chi connectivity index (χ2n) is 2.66. The van der Waals surface area contributed by atoms with Crippen LogP contribution in [0.3, 0.4) is 0 Å². The van der Waals surface area contributed by atoms with Gasteiger partial charge in [0.05, 0.1) is 15.7 Å². The monoisotopic (exact) mass is 204 g/mol. The fraction of sp³-hybridized carbons (Fsp3) is 0.375. The van der Waals surface area contributed by atoms with Gasteiger partial charge < -0.3 is 5.73 Å². The first kappa shape index (κ1) is 9.78. The van der Waals surface area contributed by atoms with Gasteiger partial charge in [0.15, 0.2) is 0 Å². The molecule has 2 nitrogen and oxygen atoms in total. The van der Waals surface area contributed by atoms with Crippen LogP contribution in [0, 0.1) is 0 Å². The molecule has 0 bridgehead atoms. The number of pyridine rings is 1. The maximum Gasteiger partial charge on any atom is 0.0639 e. The van der Waals surface area contributed by atoms with Crippen LogP contribution in [0.25, 0.3) is 0 Å². The molecule has 1 atom stereocenters. The number of nitrogens with two attached hydrogens (primary N) is 1. The van der Waals surface area contributed by atoms with Crippen molar-refractivity contribution in [3.63, 3.8) is 0 Å². The molecular formula is C8H10Cl2N2. The van der Waals surface area contributed by atoms with Gasteiger partial charge in [-0.05, 0) is 6.07 Å². The molecule has 0 saturated carbocycles.